The van der Waals surface area contributed by atoms with Crippen molar-refractivity contribution in [2.75, 3.05) is 23.7 Å². The minimum Gasteiger partial charge on any atom is -0.397 e. The molecule has 2 rings (SSSR count). The van der Waals surface area contributed by atoms with Gasteiger partial charge in [0.1, 0.15) is 0 Å². The molecule has 0 spiro atoms. The molecule has 24 heavy (non-hydrogen) atoms. The summed E-state index contributed by atoms with van der Waals surface area (Å²) in [4.78, 5) is 14.2. The Bertz CT molecular complexity index is 651. The first-order chi connectivity index (χ1) is 11.6. The quantitative estimate of drug-likeness (QED) is 0.732. The van der Waals surface area contributed by atoms with E-state index in [1.165, 1.54) is 0 Å². The Morgan fingerprint density at radius 3 is 2.38 bits per heavy atom. The van der Waals surface area contributed by atoms with Gasteiger partial charge in [-0.15, -0.1) is 0 Å². The van der Waals surface area contributed by atoms with Crippen LogP contribution < -0.4 is 16.0 Å². The van der Waals surface area contributed by atoms with Crippen molar-refractivity contribution < 1.29 is 4.79 Å². The largest absolute Gasteiger partial charge is 0.397 e. The molecule has 0 radical (unpaired) electrons. The second-order valence-corrected chi connectivity index (χ2v) is 5.83. The van der Waals surface area contributed by atoms with Gasteiger partial charge in [0.2, 0.25) is 5.91 Å². The number of nitrogens with zero attached hydrogens (tertiary/aromatic N) is 1. The average Bonchev–Trinajstić information content (AvgIpc) is 2.61. The minimum absolute atomic E-state index is 0.0604. The lowest BCUT2D eigenvalue weighted by atomic mass is 10.1. The van der Waals surface area contributed by atoms with Gasteiger partial charge < -0.3 is 16.0 Å². The van der Waals surface area contributed by atoms with E-state index >= 15 is 0 Å². The van der Waals surface area contributed by atoms with E-state index in [9.17, 15) is 4.79 Å². The highest BCUT2D eigenvalue weighted by Crippen LogP contribution is 2.24. The van der Waals surface area contributed by atoms with Crippen molar-refractivity contribution >= 4 is 17.3 Å². The number of nitrogens with one attached hydrogen (secondary N) is 1. The first-order valence-corrected chi connectivity index (χ1v) is 8.58. The molecule has 0 aliphatic heterocycles. The molecule has 0 saturated heterocycles. The molecule has 128 valence electrons. The summed E-state index contributed by atoms with van der Waals surface area (Å²) in [5.74, 6) is 0.0604. The van der Waals surface area contributed by atoms with Gasteiger partial charge >= 0.3 is 0 Å². The van der Waals surface area contributed by atoms with Crippen LogP contribution in [0.1, 0.15) is 31.4 Å². The van der Waals surface area contributed by atoms with Crippen LogP contribution in [0.15, 0.2) is 48.5 Å². The Morgan fingerprint density at radius 2 is 1.75 bits per heavy atom. The summed E-state index contributed by atoms with van der Waals surface area (Å²) in [6.45, 7) is 6.68. The fourth-order valence-electron chi connectivity index (χ4n) is 2.75. The van der Waals surface area contributed by atoms with Gasteiger partial charge in [0.05, 0.1) is 11.4 Å². The van der Waals surface area contributed by atoms with Gasteiger partial charge in [-0.05, 0) is 43.5 Å². The van der Waals surface area contributed by atoms with Crippen LogP contribution in [0.25, 0.3) is 0 Å². The maximum atomic E-state index is 12.0. The highest BCUT2D eigenvalue weighted by Gasteiger charge is 2.08. The molecule has 1 amide bonds. The van der Waals surface area contributed by atoms with Gasteiger partial charge in [0.15, 0.2) is 0 Å². The zero-order valence-corrected chi connectivity index (χ0v) is 14.6. The van der Waals surface area contributed by atoms with Gasteiger partial charge in [0.25, 0.3) is 0 Å². The van der Waals surface area contributed by atoms with Crippen molar-refractivity contribution in [2.45, 2.75) is 33.2 Å². The van der Waals surface area contributed by atoms with Crippen molar-refractivity contribution in [3.8, 4) is 0 Å². The number of rotatable bonds is 8. The highest BCUT2D eigenvalue weighted by atomic mass is 16.1. The third-order valence-electron chi connectivity index (χ3n) is 4.17. The van der Waals surface area contributed by atoms with E-state index in [1.807, 2.05) is 36.4 Å². The molecule has 0 aliphatic rings. The maximum Gasteiger partial charge on any atom is 0.220 e. The molecule has 4 heteroatoms. The van der Waals surface area contributed by atoms with Crippen LogP contribution in [0.3, 0.4) is 0 Å². The number of benzene rings is 2. The van der Waals surface area contributed by atoms with E-state index in [2.05, 4.69) is 36.2 Å². The first-order valence-electron chi connectivity index (χ1n) is 8.58. The Balaban J connectivity index is 1.85. The molecule has 0 aliphatic carbocycles. The van der Waals surface area contributed by atoms with Gasteiger partial charge in [-0.3, -0.25) is 4.79 Å². The van der Waals surface area contributed by atoms with E-state index in [-0.39, 0.29) is 5.91 Å². The standard InChI is InChI=1S/C20H27N3O/c1-3-23(4-2)19-12-10-16(14-18(19)21)11-13-20(24)22-15-17-8-6-5-7-9-17/h5-10,12,14H,3-4,11,13,15,21H2,1-2H3,(H,22,24). The van der Waals surface area contributed by atoms with E-state index in [0.717, 1.165) is 35.6 Å². The van der Waals surface area contributed by atoms with Crippen molar-refractivity contribution in [2.24, 2.45) is 0 Å². The number of anilines is 2. The van der Waals surface area contributed by atoms with Gasteiger partial charge in [-0.1, -0.05) is 36.4 Å². The number of amides is 1. The second kappa shape index (κ2) is 8.96. The van der Waals surface area contributed by atoms with Gasteiger partial charge in [-0.25, -0.2) is 0 Å². The zero-order valence-electron chi connectivity index (χ0n) is 14.6. The Morgan fingerprint density at radius 1 is 1.04 bits per heavy atom. The topological polar surface area (TPSA) is 58.4 Å². The van der Waals surface area contributed by atoms with Crippen LogP contribution in [0, 0.1) is 0 Å². The van der Waals surface area contributed by atoms with Crippen LogP contribution in [0.2, 0.25) is 0 Å². The smallest absolute Gasteiger partial charge is 0.220 e. The van der Waals surface area contributed by atoms with Crippen molar-refractivity contribution in [3.05, 3.63) is 59.7 Å². The molecule has 0 aromatic heterocycles. The highest BCUT2D eigenvalue weighted by molar-refractivity contribution is 5.76. The number of nitrogens with two attached hydrogens (primary N) is 1. The molecule has 4 nitrogen and oxygen atoms in total. The van der Waals surface area contributed by atoms with Crippen LogP contribution in [0.4, 0.5) is 11.4 Å². The number of aryl methyl sites for hydroxylation is 1. The molecular weight excluding hydrogens is 298 g/mol. The monoisotopic (exact) mass is 325 g/mol. The van der Waals surface area contributed by atoms with E-state index in [0.29, 0.717) is 19.4 Å². The van der Waals surface area contributed by atoms with Crippen molar-refractivity contribution in [1.82, 2.24) is 5.32 Å². The molecule has 2 aromatic rings. The summed E-state index contributed by atoms with van der Waals surface area (Å²) >= 11 is 0. The van der Waals surface area contributed by atoms with E-state index in [1.54, 1.807) is 0 Å². The minimum atomic E-state index is 0.0604. The van der Waals surface area contributed by atoms with Gasteiger partial charge in [0, 0.05) is 26.1 Å². The van der Waals surface area contributed by atoms with E-state index < -0.39 is 0 Å². The van der Waals surface area contributed by atoms with Crippen molar-refractivity contribution in [1.29, 1.82) is 0 Å². The Labute approximate surface area is 144 Å². The van der Waals surface area contributed by atoms with Crippen LogP contribution >= 0.6 is 0 Å². The summed E-state index contributed by atoms with van der Waals surface area (Å²) in [6, 6.07) is 16.0. The lowest BCUT2D eigenvalue weighted by Gasteiger charge is -2.23. The second-order valence-electron chi connectivity index (χ2n) is 5.83. The van der Waals surface area contributed by atoms with Gasteiger partial charge in [-0.2, -0.15) is 0 Å². The summed E-state index contributed by atoms with van der Waals surface area (Å²) in [5, 5.41) is 2.95. The predicted molar refractivity (Wildman–Crippen MR) is 101 cm³/mol. The number of nitrogen functional groups attached to an aromatic ring is 1. The predicted octanol–water partition coefficient (Wildman–Crippen LogP) is 3.36. The molecule has 0 atom stereocenters. The molecule has 0 bridgehead atoms. The Kier molecular flexibility index (Phi) is 6.67. The first kappa shape index (κ1) is 17.9. The zero-order chi connectivity index (χ0) is 17.4. The lowest BCUT2D eigenvalue weighted by molar-refractivity contribution is -0.121. The van der Waals surface area contributed by atoms with Crippen molar-refractivity contribution in [3.63, 3.8) is 0 Å². The third kappa shape index (κ3) is 5.01. The molecule has 2 aromatic carbocycles. The molecule has 0 unspecified atom stereocenters. The normalized spacial score (nSPS) is 10.4. The van der Waals surface area contributed by atoms with Crippen LogP contribution in [0.5, 0.6) is 0 Å². The summed E-state index contributed by atoms with van der Waals surface area (Å²) in [7, 11) is 0. The summed E-state index contributed by atoms with van der Waals surface area (Å²) < 4.78 is 0. The summed E-state index contributed by atoms with van der Waals surface area (Å²) in [6.07, 6.45) is 1.17. The SMILES string of the molecule is CCN(CC)c1ccc(CCC(=O)NCc2ccccc2)cc1N. The molecule has 0 fully saturated rings. The number of hydrogen-bond acceptors (Lipinski definition) is 3. The lowest BCUT2D eigenvalue weighted by Crippen LogP contribution is -2.23. The fourth-order valence-corrected chi connectivity index (χ4v) is 2.75. The maximum absolute atomic E-state index is 12.0. The molecular formula is C20H27N3O. The number of hydrogen-bond donors (Lipinski definition) is 2. The average molecular weight is 325 g/mol. The summed E-state index contributed by atoms with van der Waals surface area (Å²) in [5.41, 5.74) is 10.2. The number of carbonyl (C=O) groups is 1. The third-order valence-corrected chi connectivity index (χ3v) is 4.17. The van der Waals surface area contributed by atoms with Crippen LogP contribution in [-0.4, -0.2) is 19.0 Å². The number of carbonyl (C=O) groups excluding carboxylic acids is 1. The van der Waals surface area contributed by atoms with Crippen LogP contribution in [-0.2, 0) is 17.8 Å². The molecule has 0 saturated carbocycles. The molecule has 0 heterocycles. The molecule has 3 N–H and O–H groups in total. The fraction of sp³-hybridized carbons (Fsp3) is 0.350. The van der Waals surface area contributed by atoms with E-state index in [4.69, 9.17) is 5.73 Å². The Hall–Kier alpha value is -2.49.